The fourth-order valence-electron chi connectivity index (χ4n) is 0.806. The number of rotatable bonds is 2. The number of phenols is 1. The zero-order chi connectivity index (χ0) is 19.0. The van der Waals surface area contributed by atoms with Crippen LogP contribution in [0.25, 0.3) is 0 Å². The van der Waals surface area contributed by atoms with E-state index in [-0.39, 0.29) is 24.6 Å². The van der Waals surface area contributed by atoms with E-state index in [2.05, 4.69) is 6.58 Å². The number of benzene rings is 1. The highest BCUT2D eigenvalue weighted by molar-refractivity contribution is 5.84. The van der Waals surface area contributed by atoms with E-state index in [0.717, 1.165) is 11.1 Å². The Morgan fingerprint density at radius 3 is 1.39 bits per heavy atom. The number of carbonyl (C=O) groups excluding carboxylic acids is 1. The number of phenolic OH excluding ortho intramolecular Hbond substituents is 1. The Morgan fingerprint density at radius 2 is 1.26 bits per heavy atom. The Balaban J connectivity index is -0.000000251. The second kappa shape index (κ2) is 16.2. The largest absolute Gasteiger partial charge is 0.507 e. The van der Waals surface area contributed by atoms with Gasteiger partial charge in [-0.15, -0.1) is 0 Å². The average molecular weight is 328 g/mol. The van der Waals surface area contributed by atoms with E-state index in [1.54, 1.807) is 0 Å². The van der Waals surface area contributed by atoms with Crippen LogP contribution >= 0.6 is 0 Å². The number of hydrogen-bond acceptors (Lipinski definition) is 5. The number of ketones is 1. The van der Waals surface area contributed by atoms with Crippen molar-refractivity contribution in [3.05, 3.63) is 41.5 Å². The first kappa shape index (κ1) is 25.8. The molecule has 0 heterocycles. The molecule has 0 spiro atoms. The molecular weight excluding hydrogens is 300 g/mol. The first-order valence-corrected chi connectivity index (χ1v) is 6.84. The predicted octanol–water partition coefficient (Wildman–Crippen LogP) is 2.22. The number of aryl methyl sites for hydroxylation is 2. The third kappa shape index (κ3) is 22.2. The molecule has 6 heteroatoms. The second-order valence-electron chi connectivity index (χ2n) is 4.68. The van der Waals surface area contributed by atoms with Gasteiger partial charge in [0.15, 0.2) is 0 Å². The fourth-order valence-corrected chi connectivity index (χ4v) is 0.806. The van der Waals surface area contributed by atoms with Gasteiger partial charge < -0.3 is 25.2 Å². The van der Waals surface area contributed by atoms with Gasteiger partial charge in [0.1, 0.15) is 11.5 Å². The number of aliphatic carboxylic acids is 1. The summed E-state index contributed by atoms with van der Waals surface area (Å²) in [7, 11) is 0. The maximum absolute atomic E-state index is 9.60. The first-order valence-electron chi connectivity index (χ1n) is 6.84. The lowest BCUT2D eigenvalue weighted by atomic mass is 10.1. The number of carboxylic acid groups (broad SMARTS) is 1. The monoisotopic (exact) mass is 328 g/mol. The highest BCUT2D eigenvalue weighted by Gasteiger charge is 1.95. The lowest BCUT2D eigenvalue weighted by Gasteiger charge is -1.99. The number of hydrogen-bond donors (Lipinski definition) is 4. The fraction of sp³-hybridized carbons (Fsp3) is 0.412. The lowest BCUT2D eigenvalue weighted by molar-refractivity contribution is -0.132. The molecule has 0 radical (unpaired) electrons. The zero-order valence-electron chi connectivity index (χ0n) is 14.5. The number of para-hydroxylation sites is 1. The van der Waals surface area contributed by atoms with Crippen molar-refractivity contribution in [1.82, 2.24) is 0 Å². The molecule has 1 aromatic rings. The van der Waals surface area contributed by atoms with Crippen molar-refractivity contribution in [2.75, 3.05) is 13.2 Å². The van der Waals surface area contributed by atoms with Gasteiger partial charge in [-0.1, -0.05) is 24.8 Å². The topological polar surface area (TPSA) is 115 Å². The van der Waals surface area contributed by atoms with E-state index in [1.807, 2.05) is 32.0 Å². The minimum Gasteiger partial charge on any atom is -0.507 e. The maximum atomic E-state index is 9.60. The van der Waals surface area contributed by atoms with Crippen LogP contribution in [0.2, 0.25) is 0 Å². The second-order valence-corrected chi connectivity index (χ2v) is 4.68. The summed E-state index contributed by atoms with van der Waals surface area (Å²) in [4.78, 5) is 19.0. The van der Waals surface area contributed by atoms with Crippen LogP contribution in [-0.2, 0) is 9.59 Å². The summed E-state index contributed by atoms with van der Waals surface area (Å²) in [6.45, 7) is 11.2. The van der Waals surface area contributed by atoms with Crippen molar-refractivity contribution in [3.63, 3.8) is 0 Å². The van der Waals surface area contributed by atoms with Crippen LogP contribution in [0, 0.1) is 13.8 Å². The highest BCUT2D eigenvalue weighted by atomic mass is 16.4. The number of aromatic hydroxyl groups is 1. The molecule has 1 rings (SSSR count). The molecule has 0 unspecified atom stereocenters. The molecule has 0 bridgehead atoms. The van der Waals surface area contributed by atoms with Gasteiger partial charge >= 0.3 is 5.97 Å². The van der Waals surface area contributed by atoms with E-state index in [9.17, 15) is 14.7 Å². The summed E-state index contributed by atoms with van der Waals surface area (Å²) in [6, 6.07) is 5.72. The molecule has 0 amide bonds. The van der Waals surface area contributed by atoms with Gasteiger partial charge in [-0.3, -0.25) is 0 Å². The van der Waals surface area contributed by atoms with Crippen LogP contribution in [0.1, 0.15) is 31.9 Å². The zero-order valence-corrected chi connectivity index (χ0v) is 14.5. The molecule has 0 aromatic heterocycles. The molecule has 0 saturated carbocycles. The third-order valence-corrected chi connectivity index (χ3v) is 1.90. The Bertz CT molecular complexity index is 442. The Hall–Kier alpha value is -2.18. The summed E-state index contributed by atoms with van der Waals surface area (Å²) in [5, 5.41) is 32.3. The Morgan fingerprint density at radius 1 is 1.00 bits per heavy atom. The van der Waals surface area contributed by atoms with E-state index in [1.165, 1.54) is 20.8 Å². The normalized spacial score (nSPS) is 8.13. The van der Waals surface area contributed by atoms with Crippen molar-refractivity contribution in [1.29, 1.82) is 0 Å². The summed E-state index contributed by atoms with van der Waals surface area (Å²) >= 11 is 0. The molecule has 0 saturated heterocycles. The van der Waals surface area contributed by atoms with Crippen LogP contribution in [0.5, 0.6) is 5.75 Å². The molecule has 0 aliphatic carbocycles. The number of aliphatic hydroxyl groups is 2. The summed E-state index contributed by atoms with van der Waals surface area (Å²) in [6.07, 6.45) is 0. The molecule has 0 aliphatic heterocycles. The number of carbonyl (C=O) groups is 2. The minimum atomic E-state index is -0.935. The quantitative estimate of drug-likeness (QED) is 0.619. The molecule has 23 heavy (non-hydrogen) atoms. The molecule has 132 valence electrons. The van der Waals surface area contributed by atoms with Crippen molar-refractivity contribution in [2.45, 2.75) is 34.6 Å². The van der Waals surface area contributed by atoms with Gasteiger partial charge in [-0.2, -0.15) is 0 Å². The molecule has 0 aliphatic rings. The van der Waals surface area contributed by atoms with Crippen LogP contribution in [0.15, 0.2) is 30.4 Å². The average Bonchev–Trinajstić information content (AvgIpc) is 2.45. The molecular formula is C17H28O6. The Labute approximate surface area is 137 Å². The molecule has 4 N–H and O–H groups in total. The number of Topliss-reactive ketones (excluding diaryl/α,β-unsaturated/α-hetero) is 1. The molecule has 6 nitrogen and oxygen atoms in total. The highest BCUT2D eigenvalue weighted by Crippen LogP contribution is 2.19. The van der Waals surface area contributed by atoms with Crippen LogP contribution in [0.4, 0.5) is 0 Å². The predicted molar refractivity (Wildman–Crippen MR) is 90.6 cm³/mol. The molecule has 0 fully saturated rings. The number of aliphatic hydroxyl groups excluding tert-OH is 2. The molecule has 0 atom stereocenters. The van der Waals surface area contributed by atoms with Crippen molar-refractivity contribution in [2.24, 2.45) is 0 Å². The van der Waals surface area contributed by atoms with Gasteiger partial charge in [0.2, 0.25) is 0 Å². The van der Waals surface area contributed by atoms with Crippen LogP contribution in [-0.4, -0.2) is 45.4 Å². The minimum absolute atomic E-state index is 0.125. The Kier molecular flexibility index (Phi) is 18.1. The van der Waals surface area contributed by atoms with Gasteiger partial charge in [-0.05, 0) is 45.7 Å². The van der Waals surface area contributed by atoms with E-state index in [0.29, 0.717) is 5.75 Å². The lowest BCUT2D eigenvalue weighted by Crippen LogP contribution is -1.92. The maximum Gasteiger partial charge on any atom is 0.330 e. The van der Waals surface area contributed by atoms with Crippen LogP contribution in [0.3, 0.4) is 0 Å². The summed E-state index contributed by atoms with van der Waals surface area (Å²) < 4.78 is 0. The van der Waals surface area contributed by atoms with Crippen molar-refractivity contribution >= 4 is 11.8 Å². The van der Waals surface area contributed by atoms with E-state index >= 15 is 0 Å². The smallest absolute Gasteiger partial charge is 0.330 e. The molecule has 1 aromatic carbocycles. The standard InChI is InChI=1S/C8H10O.C4H6O2.C3H6O.C2H6O2/c1-6-4-3-5-7(2)8(6)9;1-3(2)4(5)6;1-3(2)4;3-1-2-4/h3-5,9H,1-2H3;1H2,2H3,(H,5,6);1-2H3;3-4H,1-2H2. The van der Waals surface area contributed by atoms with Gasteiger partial charge in [0.05, 0.1) is 13.2 Å². The SMILES string of the molecule is C=C(C)C(=O)O.CC(C)=O.Cc1cccc(C)c1O.OCCO. The van der Waals surface area contributed by atoms with Crippen molar-refractivity contribution in [3.8, 4) is 5.75 Å². The van der Waals surface area contributed by atoms with Crippen molar-refractivity contribution < 1.29 is 30.0 Å². The van der Waals surface area contributed by atoms with Crippen LogP contribution < -0.4 is 0 Å². The first-order chi connectivity index (χ1) is 10.5. The van der Waals surface area contributed by atoms with Gasteiger partial charge in [0.25, 0.3) is 0 Å². The summed E-state index contributed by atoms with van der Waals surface area (Å²) in [5.74, 6) is -0.354. The van der Waals surface area contributed by atoms with E-state index in [4.69, 9.17) is 15.3 Å². The summed E-state index contributed by atoms with van der Waals surface area (Å²) in [5.41, 5.74) is 2.06. The van der Waals surface area contributed by atoms with Gasteiger partial charge in [-0.25, -0.2) is 4.79 Å². The third-order valence-electron chi connectivity index (χ3n) is 1.90. The van der Waals surface area contributed by atoms with E-state index < -0.39 is 5.97 Å². The van der Waals surface area contributed by atoms with Gasteiger partial charge in [0, 0.05) is 5.57 Å². The number of carboxylic acids is 1.